The Balaban J connectivity index is 2.43. The second-order valence-electron chi connectivity index (χ2n) is 3.76. The molecule has 0 aliphatic carbocycles. The summed E-state index contributed by atoms with van der Waals surface area (Å²) in [6.45, 7) is 0. The third-order valence-electron chi connectivity index (χ3n) is 2.38. The number of sulfonamides is 1. The number of anilines is 1. The number of hydrogen-bond acceptors (Lipinski definition) is 4. The molecule has 0 atom stereocenters. The summed E-state index contributed by atoms with van der Waals surface area (Å²) < 4.78 is 32.7. The number of halogens is 2. The van der Waals surface area contributed by atoms with Crippen LogP contribution < -0.4 is 9.46 Å². The quantitative estimate of drug-likeness (QED) is 0.887. The number of pyridine rings is 1. The van der Waals surface area contributed by atoms with Crippen LogP contribution in [0.25, 0.3) is 0 Å². The zero-order chi connectivity index (χ0) is 14.8. The van der Waals surface area contributed by atoms with Gasteiger partial charge in [0.1, 0.15) is 16.5 Å². The molecule has 0 amide bonds. The van der Waals surface area contributed by atoms with Gasteiger partial charge >= 0.3 is 0 Å². The smallest absolute Gasteiger partial charge is 0.266 e. The van der Waals surface area contributed by atoms with E-state index in [0.717, 1.165) is 0 Å². The van der Waals surface area contributed by atoms with E-state index in [4.69, 9.17) is 16.3 Å². The van der Waals surface area contributed by atoms with E-state index >= 15 is 0 Å². The first-order valence-corrected chi connectivity index (χ1v) is 8.06. The molecule has 2 aromatic rings. The number of benzene rings is 1. The topological polar surface area (TPSA) is 68.3 Å². The SMILES string of the molecule is COc1ccc(Br)cc1S(=O)(=O)Nc1cc(Cl)ccn1. The lowest BCUT2D eigenvalue weighted by Gasteiger charge is -2.11. The molecule has 1 N–H and O–H groups in total. The van der Waals surface area contributed by atoms with Crippen molar-refractivity contribution in [3.8, 4) is 5.75 Å². The van der Waals surface area contributed by atoms with Crippen molar-refractivity contribution in [3.63, 3.8) is 0 Å². The molecule has 20 heavy (non-hydrogen) atoms. The van der Waals surface area contributed by atoms with E-state index in [1.807, 2.05) is 0 Å². The molecule has 1 aromatic heterocycles. The molecule has 0 spiro atoms. The molecular weight excluding hydrogens is 368 g/mol. The summed E-state index contributed by atoms with van der Waals surface area (Å²) in [5.41, 5.74) is 0. The van der Waals surface area contributed by atoms with Gasteiger partial charge in [0.15, 0.2) is 0 Å². The molecule has 1 aromatic carbocycles. The maximum Gasteiger partial charge on any atom is 0.266 e. The van der Waals surface area contributed by atoms with Gasteiger partial charge in [-0.1, -0.05) is 27.5 Å². The minimum atomic E-state index is -3.82. The second kappa shape index (κ2) is 5.99. The Hall–Kier alpha value is -1.31. The molecule has 0 fully saturated rings. The Kier molecular flexibility index (Phi) is 4.52. The number of rotatable bonds is 4. The number of hydrogen-bond donors (Lipinski definition) is 1. The Bertz CT molecular complexity index is 737. The van der Waals surface area contributed by atoms with Crippen LogP contribution in [0.2, 0.25) is 5.02 Å². The maximum atomic E-state index is 12.3. The van der Waals surface area contributed by atoms with Crippen LogP contribution in [-0.2, 0) is 10.0 Å². The predicted octanol–water partition coefficient (Wildman–Crippen LogP) is 3.31. The molecule has 0 bridgehead atoms. The molecule has 0 unspecified atom stereocenters. The zero-order valence-corrected chi connectivity index (χ0v) is 13.5. The van der Waals surface area contributed by atoms with Crippen molar-refractivity contribution in [1.82, 2.24) is 4.98 Å². The van der Waals surface area contributed by atoms with Gasteiger partial charge in [0.05, 0.1) is 7.11 Å². The van der Waals surface area contributed by atoms with E-state index in [0.29, 0.717) is 9.50 Å². The molecule has 0 aliphatic rings. The number of ether oxygens (including phenoxy) is 1. The van der Waals surface area contributed by atoms with Gasteiger partial charge in [-0.3, -0.25) is 4.72 Å². The highest BCUT2D eigenvalue weighted by Gasteiger charge is 2.20. The van der Waals surface area contributed by atoms with Crippen molar-refractivity contribution in [2.75, 3.05) is 11.8 Å². The van der Waals surface area contributed by atoms with Crippen LogP contribution in [0, 0.1) is 0 Å². The molecular formula is C12H10BrClN2O3S. The average Bonchev–Trinajstić information content (AvgIpc) is 2.38. The largest absolute Gasteiger partial charge is 0.495 e. The van der Waals surface area contributed by atoms with E-state index in [1.165, 1.54) is 25.4 Å². The van der Waals surface area contributed by atoms with Gasteiger partial charge in [-0.25, -0.2) is 13.4 Å². The van der Waals surface area contributed by atoms with Crippen LogP contribution in [0.1, 0.15) is 0 Å². The highest BCUT2D eigenvalue weighted by atomic mass is 79.9. The summed E-state index contributed by atoms with van der Waals surface area (Å²) in [5, 5.41) is 0.388. The first kappa shape index (κ1) is 15.1. The van der Waals surface area contributed by atoms with Crippen molar-refractivity contribution in [2.45, 2.75) is 4.90 Å². The molecule has 0 radical (unpaired) electrons. The lowest BCUT2D eigenvalue weighted by molar-refractivity contribution is 0.403. The molecule has 8 heteroatoms. The Morgan fingerprint density at radius 3 is 2.70 bits per heavy atom. The molecule has 0 saturated carbocycles. The predicted molar refractivity (Wildman–Crippen MR) is 80.7 cm³/mol. The Morgan fingerprint density at radius 1 is 1.30 bits per heavy atom. The molecule has 0 aliphatic heterocycles. The third-order valence-corrected chi connectivity index (χ3v) is 4.48. The lowest BCUT2D eigenvalue weighted by Crippen LogP contribution is -2.15. The van der Waals surface area contributed by atoms with E-state index in [1.54, 1.807) is 18.2 Å². The number of nitrogens with one attached hydrogen (secondary N) is 1. The fourth-order valence-electron chi connectivity index (χ4n) is 1.51. The summed E-state index contributed by atoms with van der Waals surface area (Å²) in [6, 6.07) is 7.67. The monoisotopic (exact) mass is 376 g/mol. The van der Waals surface area contributed by atoms with Gasteiger partial charge in [-0.2, -0.15) is 0 Å². The van der Waals surface area contributed by atoms with Gasteiger partial charge in [0.2, 0.25) is 0 Å². The fraction of sp³-hybridized carbons (Fsp3) is 0.0833. The average molecular weight is 378 g/mol. The summed E-state index contributed by atoms with van der Waals surface area (Å²) in [5.74, 6) is 0.377. The summed E-state index contributed by atoms with van der Waals surface area (Å²) in [7, 11) is -2.42. The minimum Gasteiger partial charge on any atom is -0.495 e. The molecule has 1 heterocycles. The second-order valence-corrected chi connectivity index (χ2v) is 6.76. The fourth-order valence-corrected chi connectivity index (χ4v) is 3.38. The Labute approximate surface area is 130 Å². The molecule has 106 valence electrons. The number of aromatic nitrogens is 1. The molecule has 2 rings (SSSR count). The van der Waals surface area contributed by atoms with Crippen LogP contribution in [0.15, 0.2) is 45.9 Å². The van der Waals surface area contributed by atoms with Crippen LogP contribution in [0.4, 0.5) is 5.82 Å². The summed E-state index contributed by atoms with van der Waals surface area (Å²) >= 11 is 9.03. The number of methoxy groups -OCH3 is 1. The first-order valence-electron chi connectivity index (χ1n) is 5.40. The van der Waals surface area contributed by atoms with Crippen LogP contribution in [0.3, 0.4) is 0 Å². The van der Waals surface area contributed by atoms with Crippen LogP contribution >= 0.6 is 27.5 Å². The van der Waals surface area contributed by atoms with Gasteiger partial charge in [-0.05, 0) is 24.3 Å². The summed E-state index contributed by atoms with van der Waals surface area (Å²) in [6.07, 6.45) is 1.42. The number of nitrogens with zero attached hydrogens (tertiary/aromatic N) is 1. The van der Waals surface area contributed by atoms with E-state index in [2.05, 4.69) is 25.6 Å². The van der Waals surface area contributed by atoms with Crippen molar-refractivity contribution >= 4 is 43.4 Å². The van der Waals surface area contributed by atoms with Gasteiger partial charge in [-0.15, -0.1) is 0 Å². The van der Waals surface area contributed by atoms with E-state index in [9.17, 15) is 8.42 Å². The van der Waals surface area contributed by atoms with Gasteiger partial charge in [0.25, 0.3) is 10.0 Å². The molecule has 0 saturated heterocycles. The maximum absolute atomic E-state index is 12.3. The minimum absolute atomic E-state index is 0.0103. The standard InChI is InChI=1S/C12H10BrClN2O3S/c1-19-10-3-2-8(13)6-11(10)20(17,18)16-12-7-9(14)4-5-15-12/h2-7H,1H3,(H,15,16). The van der Waals surface area contributed by atoms with E-state index in [-0.39, 0.29) is 16.5 Å². The van der Waals surface area contributed by atoms with Crippen LogP contribution in [0.5, 0.6) is 5.75 Å². The third kappa shape index (κ3) is 3.41. The van der Waals surface area contributed by atoms with E-state index < -0.39 is 10.0 Å². The van der Waals surface area contributed by atoms with Crippen molar-refractivity contribution in [2.24, 2.45) is 0 Å². The lowest BCUT2D eigenvalue weighted by atomic mass is 10.3. The van der Waals surface area contributed by atoms with Crippen molar-refractivity contribution in [3.05, 3.63) is 46.0 Å². The Morgan fingerprint density at radius 2 is 2.05 bits per heavy atom. The van der Waals surface area contributed by atoms with Crippen molar-refractivity contribution in [1.29, 1.82) is 0 Å². The van der Waals surface area contributed by atoms with Gasteiger partial charge < -0.3 is 4.74 Å². The van der Waals surface area contributed by atoms with Gasteiger partial charge in [0, 0.05) is 21.8 Å². The normalized spacial score (nSPS) is 11.2. The zero-order valence-electron chi connectivity index (χ0n) is 10.3. The highest BCUT2D eigenvalue weighted by Crippen LogP contribution is 2.28. The van der Waals surface area contributed by atoms with Crippen LogP contribution in [-0.4, -0.2) is 20.5 Å². The summed E-state index contributed by atoms with van der Waals surface area (Å²) in [4.78, 5) is 3.91. The first-order chi connectivity index (χ1) is 9.42. The molecule has 5 nitrogen and oxygen atoms in total. The highest BCUT2D eigenvalue weighted by molar-refractivity contribution is 9.10. The van der Waals surface area contributed by atoms with Crippen molar-refractivity contribution < 1.29 is 13.2 Å².